The third kappa shape index (κ3) is 3.21. The van der Waals surface area contributed by atoms with Crippen molar-refractivity contribution in [2.45, 2.75) is 96.4 Å². The summed E-state index contributed by atoms with van der Waals surface area (Å²) in [5.74, 6) is 5.31. The number of halogens is 1. The number of amides is 1. The molecule has 3 unspecified atom stereocenters. The first kappa shape index (κ1) is 23.3. The van der Waals surface area contributed by atoms with Gasteiger partial charge >= 0.3 is 0 Å². The standard InChI is InChI=1S/C30H43BrN2O2/c1-28-8-6-22-20(16-33(3)26-25(31)24(34)7-9-29(22,26)2)21(28)4-5-23(28)27(35)32-30-13-17-10-18(14-30)12-19(11-17)15-30/h17-23H,4-16H2,1-3H3,(H,32,35)/t17?,18?,19?,20?,21?,22?,23-,28+,29-,30?/m1/s1. The SMILES string of the molecule is CN1CC2C(CC[C@@]3(C)C2CC[C@@H]3C(=O)NC23CC4CC(CC(C4)C2)C3)[C@@]2(C)CCC(=O)C(Br)=C12. The number of nitrogens with one attached hydrogen (secondary N) is 1. The molecule has 1 saturated heterocycles. The number of hydrogen-bond donors (Lipinski definition) is 1. The van der Waals surface area contributed by atoms with Gasteiger partial charge in [-0.05, 0) is 127 Å². The second-order valence-corrected chi connectivity index (χ2v) is 15.4. The molecule has 8 aliphatic rings. The van der Waals surface area contributed by atoms with Crippen LogP contribution in [0.3, 0.4) is 0 Å². The highest BCUT2D eigenvalue weighted by Gasteiger charge is 2.62. The molecule has 192 valence electrons. The average molecular weight is 544 g/mol. The molecule has 6 atom stereocenters. The van der Waals surface area contributed by atoms with Crippen LogP contribution in [0, 0.1) is 52.3 Å². The Morgan fingerprint density at radius 2 is 1.63 bits per heavy atom. The molecule has 4 nitrogen and oxygen atoms in total. The van der Waals surface area contributed by atoms with Gasteiger partial charge in [-0.25, -0.2) is 0 Å². The fraction of sp³-hybridized carbons (Fsp3) is 0.867. The van der Waals surface area contributed by atoms with Crippen LogP contribution in [0.2, 0.25) is 0 Å². The normalized spacial score (nSPS) is 52.3. The molecule has 7 fully saturated rings. The van der Waals surface area contributed by atoms with Gasteiger partial charge in [0, 0.05) is 42.6 Å². The molecule has 35 heavy (non-hydrogen) atoms. The summed E-state index contributed by atoms with van der Waals surface area (Å²) in [6, 6.07) is 0. The maximum atomic E-state index is 14.0. The molecule has 7 aliphatic carbocycles. The number of likely N-dealkylation sites (tertiary alicyclic amines) is 1. The van der Waals surface area contributed by atoms with Gasteiger partial charge in [-0.3, -0.25) is 9.59 Å². The molecule has 1 amide bonds. The van der Waals surface area contributed by atoms with Crippen LogP contribution < -0.4 is 5.32 Å². The van der Waals surface area contributed by atoms with Crippen molar-refractivity contribution in [3.8, 4) is 0 Å². The maximum absolute atomic E-state index is 14.0. The van der Waals surface area contributed by atoms with Crippen molar-refractivity contribution in [2.24, 2.45) is 52.3 Å². The van der Waals surface area contributed by atoms with Gasteiger partial charge in [-0.15, -0.1) is 0 Å². The van der Waals surface area contributed by atoms with E-state index >= 15 is 0 Å². The Bertz CT molecular complexity index is 969. The van der Waals surface area contributed by atoms with Gasteiger partial charge in [0.2, 0.25) is 5.91 Å². The fourth-order valence-corrected chi connectivity index (χ4v) is 12.7. The lowest BCUT2D eigenvalue weighted by molar-refractivity contribution is -0.139. The average Bonchev–Trinajstić information content (AvgIpc) is 3.13. The highest BCUT2D eigenvalue weighted by Crippen LogP contribution is 2.66. The van der Waals surface area contributed by atoms with E-state index in [1.54, 1.807) is 0 Å². The van der Waals surface area contributed by atoms with Gasteiger partial charge in [0.25, 0.3) is 0 Å². The second kappa shape index (κ2) is 7.60. The Morgan fingerprint density at radius 3 is 2.29 bits per heavy atom. The van der Waals surface area contributed by atoms with Gasteiger partial charge in [-0.1, -0.05) is 13.8 Å². The van der Waals surface area contributed by atoms with Crippen LogP contribution in [0.1, 0.15) is 90.9 Å². The summed E-state index contributed by atoms with van der Waals surface area (Å²) >= 11 is 3.69. The largest absolute Gasteiger partial charge is 0.376 e. The molecule has 0 aromatic rings. The van der Waals surface area contributed by atoms with Crippen molar-refractivity contribution < 1.29 is 9.59 Å². The number of Topliss-reactive ketones (excluding diaryl/α,β-unsaturated/α-hetero) is 1. The molecular weight excluding hydrogens is 500 g/mol. The summed E-state index contributed by atoms with van der Waals surface area (Å²) in [5.41, 5.74) is 1.57. The first-order valence-electron chi connectivity index (χ1n) is 14.6. The van der Waals surface area contributed by atoms with Crippen molar-refractivity contribution in [3.63, 3.8) is 0 Å². The van der Waals surface area contributed by atoms with E-state index in [1.807, 2.05) is 0 Å². The minimum absolute atomic E-state index is 0.0747. The number of nitrogens with zero attached hydrogens (tertiary/aromatic N) is 1. The van der Waals surface area contributed by atoms with E-state index in [-0.39, 0.29) is 28.1 Å². The highest BCUT2D eigenvalue weighted by atomic mass is 79.9. The summed E-state index contributed by atoms with van der Waals surface area (Å²) in [7, 11) is 2.20. The van der Waals surface area contributed by atoms with Crippen LogP contribution in [0.15, 0.2) is 10.2 Å². The van der Waals surface area contributed by atoms with Gasteiger partial charge in [0.1, 0.15) is 0 Å². The Labute approximate surface area is 219 Å². The number of carbonyl (C=O) groups excluding carboxylic acids is 2. The molecule has 4 bridgehead atoms. The first-order valence-corrected chi connectivity index (χ1v) is 15.4. The molecule has 0 aromatic heterocycles. The molecule has 6 saturated carbocycles. The number of carbonyl (C=O) groups is 2. The third-order valence-corrected chi connectivity index (χ3v) is 13.5. The van der Waals surface area contributed by atoms with Crippen molar-refractivity contribution in [3.05, 3.63) is 10.2 Å². The van der Waals surface area contributed by atoms with Crippen molar-refractivity contribution in [1.82, 2.24) is 10.2 Å². The quantitative estimate of drug-likeness (QED) is 0.461. The molecule has 1 aliphatic heterocycles. The topological polar surface area (TPSA) is 49.4 Å². The van der Waals surface area contributed by atoms with Crippen LogP contribution in [0.25, 0.3) is 0 Å². The van der Waals surface area contributed by atoms with E-state index in [4.69, 9.17) is 0 Å². The summed E-state index contributed by atoms with van der Waals surface area (Å²) in [4.78, 5) is 28.9. The summed E-state index contributed by atoms with van der Waals surface area (Å²) in [5, 5.41) is 3.77. The summed E-state index contributed by atoms with van der Waals surface area (Å²) in [6.07, 6.45) is 14.3. The van der Waals surface area contributed by atoms with Crippen molar-refractivity contribution in [1.29, 1.82) is 0 Å². The molecule has 0 radical (unpaired) electrons. The zero-order valence-electron chi connectivity index (χ0n) is 21.9. The van der Waals surface area contributed by atoms with E-state index in [2.05, 4.69) is 47.0 Å². The number of fused-ring (bicyclic) bond motifs is 5. The second-order valence-electron chi connectivity index (χ2n) is 14.6. The van der Waals surface area contributed by atoms with Crippen LogP contribution in [0.4, 0.5) is 0 Å². The Kier molecular flexibility index (Phi) is 5.06. The Balaban J connectivity index is 1.13. The molecule has 8 rings (SSSR count). The lowest BCUT2D eigenvalue weighted by Gasteiger charge is -2.60. The Hall–Kier alpha value is -0.840. The molecule has 1 heterocycles. The Morgan fingerprint density at radius 1 is 0.971 bits per heavy atom. The highest BCUT2D eigenvalue weighted by molar-refractivity contribution is 9.12. The summed E-state index contributed by atoms with van der Waals surface area (Å²) in [6.45, 7) is 5.93. The maximum Gasteiger partial charge on any atom is 0.224 e. The predicted molar refractivity (Wildman–Crippen MR) is 141 cm³/mol. The van der Waals surface area contributed by atoms with Crippen molar-refractivity contribution >= 4 is 27.6 Å². The van der Waals surface area contributed by atoms with Crippen LogP contribution in [-0.2, 0) is 9.59 Å². The van der Waals surface area contributed by atoms with E-state index in [0.29, 0.717) is 30.1 Å². The van der Waals surface area contributed by atoms with Crippen LogP contribution in [-0.4, -0.2) is 35.7 Å². The van der Waals surface area contributed by atoms with Gasteiger partial charge in [-0.2, -0.15) is 0 Å². The van der Waals surface area contributed by atoms with Gasteiger partial charge in [0.15, 0.2) is 5.78 Å². The van der Waals surface area contributed by atoms with Gasteiger partial charge < -0.3 is 10.2 Å². The molecule has 1 N–H and O–H groups in total. The zero-order valence-corrected chi connectivity index (χ0v) is 23.5. The van der Waals surface area contributed by atoms with E-state index in [0.717, 1.165) is 48.0 Å². The fourth-order valence-electron chi connectivity index (χ4n) is 11.7. The molecular formula is C30H43BrN2O2. The first-order chi connectivity index (χ1) is 16.6. The van der Waals surface area contributed by atoms with Crippen LogP contribution in [0.5, 0.6) is 0 Å². The number of allylic oxidation sites excluding steroid dienone is 2. The lowest BCUT2D eigenvalue weighted by Crippen LogP contribution is -2.62. The van der Waals surface area contributed by atoms with Crippen LogP contribution >= 0.6 is 15.9 Å². The smallest absolute Gasteiger partial charge is 0.224 e. The van der Waals surface area contributed by atoms with E-state index in [9.17, 15) is 9.59 Å². The lowest BCUT2D eigenvalue weighted by atomic mass is 9.49. The molecule has 5 heteroatoms. The predicted octanol–water partition coefficient (Wildman–Crippen LogP) is 6.05. The van der Waals surface area contributed by atoms with Gasteiger partial charge in [0.05, 0.1) is 4.48 Å². The van der Waals surface area contributed by atoms with Crippen molar-refractivity contribution in [2.75, 3.05) is 13.6 Å². The minimum Gasteiger partial charge on any atom is -0.376 e. The van der Waals surface area contributed by atoms with E-state index < -0.39 is 0 Å². The molecule has 0 aromatic carbocycles. The third-order valence-electron chi connectivity index (χ3n) is 12.7. The number of hydrogen-bond acceptors (Lipinski definition) is 3. The monoisotopic (exact) mass is 542 g/mol. The van der Waals surface area contributed by atoms with E-state index in [1.165, 1.54) is 57.1 Å². The number of ketones is 1. The number of piperidine rings is 1. The summed E-state index contributed by atoms with van der Waals surface area (Å²) < 4.78 is 0.833. The molecule has 0 spiro atoms. The zero-order chi connectivity index (χ0) is 24.3. The number of rotatable bonds is 2. The minimum atomic E-state index is 0.0747.